The van der Waals surface area contributed by atoms with E-state index in [4.69, 9.17) is 23.2 Å². The lowest BCUT2D eigenvalue weighted by atomic mass is 10.1. The number of hydrogen-bond donors (Lipinski definition) is 2. The molecule has 0 fully saturated rings. The highest BCUT2D eigenvalue weighted by Crippen LogP contribution is 2.27. The van der Waals surface area contributed by atoms with Crippen molar-refractivity contribution in [3.63, 3.8) is 0 Å². The second-order valence-corrected chi connectivity index (χ2v) is 8.95. The molecular formula is C19H15BrCl2N4O2S. The van der Waals surface area contributed by atoms with E-state index in [2.05, 4.69) is 36.8 Å². The smallest absolute Gasteiger partial charge is 0.253 e. The third kappa shape index (κ3) is 6.24. The molecular weight excluding hydrogens is 499 g/mol. The summed E-state index contributed by atoms with van der Waals surface area (Å²) in [7, 11) is 0. The lowest BCUT2D eigenvalue weighted by Gasteiger charge is -2.18. The van der Waals surface area contributed by atoms with Crippen LogP contribution in [0.5, 0.6) is 0 Å². The number of nitrogens with one attached hydrogen (secondary N) is 2. The number of amides is 2. The molecule has 6 nitrogen and oxygen atoms in total. The number of alkyl halides is 2. The van der Waals surface area contributed by atoms with Crippen molar-refractivity contribution in [3.8, 4) is 10.6 Å². The zero-order valence-corrected chi connectivity index (χ0v) is 18.7. The quantitative estimate of drug-likeness (QED) is 0.457. The van der Waals surface area contributed by atoms with E-state index in [1.165, 1.54) is 11.3 Å². The van der Waals surface area contributed by atoms with Crippen LogP contribution in [-0.4, -0.2) is 32.9 Å². The molecule has 1 aromatic heterocycles. The minimum atomic E-state index is -1.27. The van der Waals surface area contributed by atoms with Gasteiger partial charge in [0.05, 0.1) is 0 Å². The highest BCUT2D eigenvalue weighted by molar-refractivity contribution is 9.10. The normalized spacial score (nSPS) is 11.9. The first kappa shape index (κ1) is 21.7. The van der Waals surface area contributed by atoms with Gasteiger partial charge in [-0.1, -0.05) is 92.9 Å². The molecule has 2 N–H and O–H groups in total. The molecule has 150 valence electrons. The van der Waals surface area contributed by atoms with Crippen molar-refractivity contribution in [1.29, 1.82) is 0 Å². The predicted molar refractivity (Wildman–Crippen MR) is 119 cm³/mol. The second-order valence-electron chi connectivity index (χ2n) is 5.96. The molecule has 0 aliphatic carbocycles. The van der Waals surface area contributed by atoms with Crippen LogP contribution in [0.3, 0.4) is 0 Å². The van der Waals surface area contributed by atoms with Crippen LogP contribution in [0.4, 0.5) is 5.13 Å². The third-order valence-electron chi connectivity index (χ3n) is 3.86. The summed E-state index contributed by atoms with van der Waals surface area (Å²) in [4.78, 5) is 23.4. The van der Waals surface area contributed by atoms with Crippen molar-refractivity contribution in [3.05, 3.63) is 64.6 Å². The summed E-state index contributed by atoms with van der Waals surface area (Å²) in [6.07, 6.45) is 0.275. The van der Waals surface area contributed by atoms with Gasteiger partial charge in [-0.05, 0) is 17.7 Å². The first-order valence-corrected chi connectivity index (χ1v) is 10.9. The van der Waals surface area contributed by atoms with Gasteiger partial charge in [0.15, 0.2) is 4.84 Å². The molecule has 0 bridgehead atoms. The molecule has 1 atom stereocenters. The Labute approximate surface area is 189 Å². The fourth-order valence-corrected chi connectivity index (χ4v) is 3.61. The predicted octanol–water partition coefficient (Wildman–Crippen LogP) is 4.44. The van der Waals surface area contributed by atoms with Crippen molar-refractivity contribution < 1.29 is 9.59 Å². The van der Waals surface area contributed by atoms with E-state index in [-0.39, 0.29) is 6.42 Å². The molecule has 2 aromatic carbocycles. The lowest BCUT2D eigenvalue weighted by Crippen LogP contribution is -2.47. The van der Waals surface area contributed by atoms with Gasteiger partial charge in [0.25, 0.3) is 5.91 Å². The van der Waals surface area contributed by atoms with E-state index < -0.39 is 22.7 Å². The Hall–Kier alpha value is -2.00. The first-order chi connectivity index (χ1) is 13.9. The molecule has 0 unspecified atom stereocenters. The molecule has 3 rings (SSSR count). The number of halogens is 3. The Morgan fingerprint density at radius 2 is 1.69 bits per heavy atom. The second kappa shape index (κ2) is 10.2. The van der Waals surface area contributed by atoms with Gasteiger partial charge in [0, 0.05) is 16.5 Å². The number of nitrogens with zero attached hydrogens (tertiary/aromatic N) is 2. The number of hydrogen-bond acceptors (Lipinski definition) is 5. The van der Waals surface area contributed by atoms with E-state index in [1.807, 2.05) is 54.6 Å². The average molecular weight is 514 g/mol. The number of anilines is 1. The molecule has 0 aliphatic rings. The van der Waals surface area contributed by atoms with Crippen molar-refractivity contribution >= 4 is 67.4 Å². The van der Waals surface area contributed by atoms with Gasteiger partial charge in [-0.25, -0.2) is 0 Å². The molecule has 0 saturated carbocycles. The highest BCUT2D eigenvalue weighted by atomic mass is 79.9. The Kier molecular flexibility index (Phi) is 7.60. The standard InChI is InChI=1S/C19H15BrCl2N4O2S/c20-13-8-6-12(7-9-13)18-25-26-19(29-18)24-16(27)14(23-17(28)15(21)22)10-11-4-2-1-3-5-11/h1-9,14-15H,10H2,(H,23,28)(H,24,26,27)/t14-/m1/s1. The number of carbonyl (C=O) groups excluding carboxylic acids is 2. The molecule has 2 amide bonds. The van der Waals surface area contributed by atoms with Gasteiger partial charge in [-0.15, -0.1) is 10.2 Å². The largest absolute Gasteiger partial charge is 0.342 e. The summed E-state index contributed by atoms with van der Waals surface area (Å²) in [5.41, 5.74) is 1.76. The van der Waals surface area contributed by atoms with Crippen molar-refractivity contribution in [2.24, 2.45) is 0 Å². The van der Waals surface area contributed by atoms with Crippen LogP contribution in [-0.2, 0) is 16.0 Å². The third-order valence-corrected chi connectivity index (χ3v) is 5.67. The van der Waals surface area contributed by atoms with E-state index in [1.54, 1.807) is 0 Å². The van der Waals surface area contributed by atoms with Gasteiger partial charge < -0.3 is 5.32 Å². The molecule has 1 heterocycles. The first-order valence-electron chi connectivity index (χ1n) is 8.45. The number of aromatic nitrogens is 2. The van der Waals surface area contributed by atoms with Crippen LogP contribution in [0.15, 0.2) is 59.1 Å². The summed E-state index contributed by atoms with van der Waals surface area (Å²) >= 11 is 15.9. The van der Waals surface area contributed by atoms with E-state index >= 15 is 0 Å². The molecule has 29 heavy (non-hydrogen) atoms. The summed E-state index contributed by atoms with van der Waals surface area (Å²) in [5.74, 6) is -1.08. The van der Waals surface area contributed by atoms with Gasteiger partial charge in [-0.2, -0.15) is 0 Å². The number of rotatable bonds is 7. The molecule has 0 saturated heterocycles. The van der Waals surface area contributed by atoms with Crippen molar-refractivity contribution in [1.82, 2.24) is 15.5 Å². The summed E-state index contributed by atoms with van der Waals surface area (Å²) in [5, 5.41) is 14.4. The topological polar surface area (TPSA) is 84.0 Å². The van der Waals surface area contributed by atoms with Gasteiger partial charge in [0.1, 0.15) is 11.0 Å². The van der Waals surface area contributed by atoms with Crippen molar-refractivity contribution in [2.75, 3.05) is 5.32 Å². The van der Waals surface area contributed by atoms with Crippen LogP contribution in [0, 0.1) is 0 Å². The maximum Gasteiger partial charge on any atom is 0.253 e. The van der Waals surface area contributed by atoms with Crippen molar-refractivity contribution in [2.45, 2.75) is 17.3 Å². The van der Waals surface area contributed by atoms with Crippen LogP contribution in [0.1, 0.15) is 5.56 Å². The Balaban J connectivity index is 1.73. The summed E-state index contributed by atoms with van der Waals surface area (Å²) in [6, 6.07) is 16.0. The SMILES string of the molecule is O=C(N[C@H](Cc1ccccc1)C(=O)Nc1nnc(-c2ccc(Br)cc2)s1)C(Cl)Cl. The van der Waals surface area contributed by atoms with Crippen LogP contribution < -0.4 is 10.6 Å². The summed E-state index contributed by atoms with van der Waals surface area (Å²) in [6.45, 7) is 0. The average Bonchev–Trinajstić information content (AvgIpc) is 3.17. The molecule has 3 aromatic rings. The van der Waals surface area contributed by atoms with E-state index in [9.17, 15) is 9.59 Å². The lowest BCUT2D eigenvalue weighted by molar-refractivity contribution is -0.125. The molecule has 0 spiro atoms. The number of benzene rings is 2. The minimum absolute atomic E-state index is 0.275. The Morgan fingerprint density at radius 1 is 1.00 bits per heavy atom. The summed E-state index contributed by atoms with van der Waals surface area (Å²) < 4.78 is 0.954. The maximum atomic E-state index is 12.8. The van der Waals surface area contributed by atoms with Crippen LogP contribution in [0.2, 0.25) is 0 Å². The Bertz CT molecular complexity index is 983. The van der Waals surface area contributed by atoms with Gasteiger partial charge in [-0.3, -0.25) is 14.9 Å². The molecule has 10 heteroatoms. The minimum Gasteiger partial charge on any atom is -0.342 e. The zero-order valence-electron chi connectivity index (χ0n) is 14.8. The number of carbonyl (C=O) groups is 2. The highest BCUT2D eigenvalue weighted by Gasteiger charge is 2.25. The van der Waals surface area contributed by atoms with Crippen LogP contribution in [0.25, 0.3) is 10.6 Å². The maximum absolute atomic E-state index is 12.8. The Morgan fingerprint density at radius 3 is 2.34 bits per heavy atom. The van der Waals surface area contributed by atoms with Gasteiger partial charge in [0.2, 0.25) is 11.0 Å². The van der Waals surface area contributed by atoms with E-state index in [0.717, 1.165) is 15.6 Å². The van der Waals surface area contributed by atoms with Crippen LogP contribution >= 0.6 is 50.5 Å². The molecule has 0 radical (unpaired) electrons. The molecule has 0 aliphatic heterocycles. The fourth-order valence-electron chi connectivity index (χ4n) is 2.47. The zero-order chi connectivity index (χ0) is 20.8. The fraction of sp³-hybridized carbons (Fsp3) is 0.158. The monoisotopic (exact) mass is 512 g/mol. The van der Waals surface area contributed by atoms with E-state index in [0.29, 0.717) is 10.1 Å². The van der Waals surface area contributed by atoms with Gasteiger partial charge >= 0.3 is 0 Å².